The Bertz CT molecular complexity index is 921. The fourth-order valence-corrected chi connectivity index (χ4v) is 4.18. The van der Waals surface area contributed by atoms with Crippen LogP contribution in [0.1, 0.15) is 127 Å². The van der Waals surface area contributed by atoms with Crippen molar-refractivity contribution in [3.05, 3.63) is 57.6 Å². The summed E-state index contributed by atoms with van der Waals surface area (Å²) in [5.41, 5.74) is 6.17. The average Bonchev–Trinajstić information content (AvgIpc) is 2.60. The average molecular weight is 425 g/mol. The van der Waals surface area contributed by atoms with Crippen LogP contribution in [0.25, 0.3) is 0 Å². The molecule has 0 spiro atoms. The molecule has 0 saturated carbocycles. The van der Waals surface area contributed by atoms with Gasteiger partial charge in [-0.2, -0.15) is 0 Å². The van der Waals surface area contributed by atoms with Gasteiger partial charge < -0.3 is 10.2 Å². The zero-order valence-electron chi connectivity index (χ0n) is 21.6. The number of phenols is 2. The summed E-state index contributed by atoms with van der Waals surface area (Å²) in [4.78, 5) is 0. The lowest BCUT2D eigenvalue weighted by Gasteiger charge is -2.27. The van der Waals surface area contributed by atoms with Crippen LogP contribution >= 0.6 is 0 Å². The second kappa shape index (κ2) is 8.88. The maximum Gasteiger partial charge on any atom is 0.122 e. The lowest BCUT2D eigenvalue weighted by molar-refractivity contribution is 0.428. The predicted molar refractivity (Wildman–Crippen MR) is 134 cm³/mol. The summed E-state index contributed by atoms with van der Waals surface area (Å²) in [7, 11) is 0. The van der Waals surface area contributed by atoms with Crippen molar-refractivity contribution in [3.8, 4) is 11.5 Å². The molecule has 0 saturated heterocycles. The maximum atomic E-state index is 11.2. The highest BCUT2D eigenvalue weighted by Crippen LogP contribution is 2.42. The standard InChI is InChI=1S/C29H44O2/c1-17(2)20-13-22(26(30)24(15-20)28(6,7)8)12-19(5)23-14-21(18(3)4)16-25(27(23)31)29(9,10)11/h13-19,30-31H,12H2,1-11H3. The summed E-state index contributed by atoms with van der Waals surface area (Å²) in [6, 6.07) is 8.63. The molecule has 1 atom stereocenters. The summed E-state index contributed by atoms with van der Waals surface area (Å²) >= 11 is 0. The summed E-state index contributed by atoms with van der Waals surface area (Å²) in [5.74, 6) is 1.67. The summed E-state index contributed by atoms with van der Waals surface area (Å²) in [6.45, 7) is 23.8. The van der Waals surface area contributed by atoms with E-state index in [0.717, 1.165) is 22.3 Å². The predicted octanol–water partition coefficient (Wildman–Crippen LogP) is 8.29. The van der Waals surface area contributed by atoms with Crippen molar-refractivity contribution in [1.29, 1.82) is 0 Å². The van der Waals surface area contributed by atoms with Crippen molar-refractivity contribution < 1.29 is 10.2 Å². The van der Waals surface area contributed by atoms with Crippen molar-refractivity contribution in [2.75, 3.05) is 0 Å². The van der Waals surface area contributed by atoms with Crippen LogP contribution in [0.2, 0.25) is 0 Å². The molecule has 0 radical (unpaired) electrons. The van der Waals surface area contributed by atoms with E-state index < -0.39 is 0 Å². The second-order valence-corrected chi connectivity index (χ2v) is 12.0. The van der Waals surface area contributed by atoms with E-state index in [1.165, 1.54) is 11.1 Å². The van der Waals surface area contributed by atoms with Gasteiger partial charge in [-0.3, -0.25) is 0 Å². The highest BCUT2D eigenvalue weighted by atomic mass is 16.3. The van der Waals surface area contributed by atoms with E-state index in [4.69, 9.17) is 0 Å². The van der Waals surface area contributed by atoms with E-state index in [0.29, 0.717) is 29.8 Å². The third-order valence-corrected chi connectivity index (χ3v) is 6.38. The fourth-order valence-electron chi connectivity index (χ4n) is 4.18. The summed E-state index contributed by atoms with van der Waals surface area (Å²) < 4.78 is 0. The molecule has 0 aliphatic carbocycles. The molecule has 0 aliphatic rings. The van der Waals surface area contributed by atoms with Gasteiger partial charge >= 0.3 is 0 Å². The number of rotatable bonds is 5. The van der Waals surface area contributed by atoms with Gasteiger partial charge in [-0.15, -0.1) is 0 Å². The lowest BCUT2D eigenvalue weighted by atomic mass is 9.78. The summed E-state index contributed by atoms with van der Waals surface area (Å²) in [5, 5.41) is 22.4. The largest absolute Gasteiger partial charge is 0.507 e. The topological polar surface area (TPSA) is 40.5 Å². The molecule has 2 nitrogen and oxygen atoms in total. The Balaban J connectivity index is 2.61. The molecule has 0 aliphatic heterocycles. The molecule has 2 aromatic rings. The van der Waals surface area contributed by atoms with Crippen molar-refractivity contribution >= 4 is 0 Å². The first-order valence-corrected chi connectivity index (χ1v) is 11.8. The molecule has 2 N–H and O–H groups in total. The Labute approximate surface area is 190 Å². The van der Waals surface area contributed by atoms with E-state index in [2.05, 4.69) is 100 Å². The molecule has 2 heteroatoms. The third-order valence-electron chi connectivity index (χ3n) is 6.38. The van der Waals surface area contributed by atoms with Gasteiger partial charge in [-0.25, -0.2) is 0 Å². The lowest BCUT2D eigenvalue weighted by Crippen LogP contribution is -2.15. The first-order chi connectivity index (χ1) is 14.0. The van der Waals surface area contributed by atoms with Gasteiger partial charge in [0.25, 0.3) is 0 Å². The Morgan fingerprint density at radius 2 is 1.06 bits per heavy atom. The second-order valence-electron chi connectivity index (χ2n) is 12.0. The first-order valence-electron chi connectivity index (χ1n) is 11.8. The highest BCUT2D eigenvalue weighted by Gasteiger charge is 2.26. The van der Waals surface area contributed by atoms with Gasteiger partial charge in [0.15, 0.2) is 0 Å². The van der Waals surface area contributed by atoms with Crippen LogP contribution in [-0.4, -0.2) is 10.2 Å². The van der Waals surface area contributed by atoms with Gasteiger partial charge in [0.2, 0.25) is 0 Å². The van der Waals surface area contributed by atoms with Crippen LogP contribution in [0, 0.1) is 0 Å². The molecular formula is C29H44O2. The van der Waals surface area contributed by atoms with Crippen LogP contribution < -0.4 is 0 Å². The van der Waals surface area contributed by atoms with Crippen LogP contribution in [0.15, 0.2) is 24.3 Å². The van der Waals surface area contributed by atoms with Gasteiger partial charge in [0.05, 0.1) is 0 Å². The van der Waals surface area contributed by atoms with Crippen LogP contribution in [0.4, 0.5) is 0 Å². The normalized spacial score (nSPS) is 13.8. The monoisotopic (exact) mass is 424 g/mol. The maximum absolute atomic E-state index is 11.2. The van der Waals surface area contributed by atoms with E-state index in [1.807, 2.05) is 0 Å². The number of phenolic OH excluding ortho intramolecular Hbond substituents is 2. The van der Waals surface area contributed by atoms with E-state index in [9.17, 15) is 10.2 Å². The van der Waals surface area contributed by atoms with Crippen LogP contribution in [0.5, 0.6) is 11.5 Å². The number of hydrogen-bond donors (Lipinski definition) is 2. The molecule has 172 valence electrons. The zero-order chi connectivity index (χ0) is 23.9. The minimum absolute atomic E-state index is 0.0842. The molecule has 0 fully saturated rings. The van der Waals surface area contributed by atoms with E-state index >= 15 is 0 Å². The van der Waals surface area contributed by atoms with E-state index in [1.54, 1.807) is 0 Å². The molecule has 1 unspecified atom stereocenters. The van der Waals surface area contributed by atoms with Gasteiger partial charge in [-0.1, -0.05) is 100 Å². The Kier molecular flexibility index (Phi) is 7.25. The molecule has 0 aromatic heterocycles. The smallest absolute Gasteiger partial charge is 0.122 e. The van der Waals surface area contributed by atoms with Crippen molar-refractivity contribution in [3.63, 3.8) is 0 Å². The van der Waals surface area contributed by atoms with Crippen LogP contribution in [0.3, 0.4) is 0 Å². The van der Waals surface area contributed by atoms with Crippen LogP contribution in [-0.2, 0) is 17.3 Å². The SMILES string of the molecule is CC(C)c1cc(CC(C)c2cc(C(C)C)cc(C(C)(C)C)c2O)c(O)c(C(C)(C)C)c1. The molecule has 2 rings (SSSR count). The quantitative estimate of drug-likeness (QED) is 0.507. The molecule has 2 aromatic carbocycles. The van der Waals surface area contributed by atoms with Gasteiger partial charge in [-0.05, 0) is 68.4 Å². The Hall–Kier alpha value is -1.96. The number of hydrogen-bond acceptors (Lipinski definition) is 2. The van der Waals surface area contributed by atoms with E-state index in [-0.39, 0.29) is 16.7 Å². The van der Waals surface area contributed by atoms with Gasteiger partial charge in [0, 0.05) is 0 Å². The highest BCUT2D eigenvalue weighted by molar-refractivity contribution is 5.52. The minimum atomic E-state index is -0.136. The minimum Gasteiger partial charge on any atom is -0.507 e. The van der Waals surface area contributed by atoms with Crippen molar-refractivity contribution in [2.24, 2.45) is 0 Å². The zero-order valence-corrected chi connectivity index (χ0v) is 21.6. The number of aromatic hydroxyl groups is 2. The third kappa shape index (κ3) is 5.64. The molecule has 0 bridgehead atoms. The first kappa shape index (κ1) is 25.3. The van der Waals surface area contributed by atoms with Crippen molar-refractivity contribution in [2.45, 2.75) is 111 Å². The summed E-state index contributed by atoms with van der Waals surface area (Å²) in [6.07, 6.45) is 0.689. The molecule has 0 heterocycles. The molecule has 0 amide bonds. The Morgan fingerprint density at radius 3 is 1.48 bits per heavy atom. The van der Waals surface area contributed by atoms with Gasteiger partial charge in [0.1, 0.15) is 11.5 Å². The van der Waals surface area contributed by atoms with Crippen molar-refractivity contribution in [1.82, 2.24) is 0 Å². The molecule has 31 heavy (non-hydrogen) atoms. The number of benzene rings is 2. The fraction of sp³-hybridized carbons (Fsp3) is 0.586. The Morgan fingerprint density at radius 1 is 0.645 bits per heavy atom. The molecular weight excluding hydrogens is 380 g/mol.